The molecule has 138 valence electrons. The van der Waals surface area contributed by atoms with Crippen molar-refractivity contribution in [3.05, 3.63) is 92.7 Å². The van der Waals surface area contributed by atoms with E-state index >= 15 is 0 Å². The zero-order chi connectivity index (χ0) is 19.4. The molecule has 0 saturated carbocycles. The lowest BCUT2D eigenvalue weighted by Gasteiger charge is -2.19. The van der Waals surface area contributed by atoms with Gasteiger partial charge < -0.3 is 9.94 Å². The van der Waals surface area contributed by atoms with Crippen molar-refractivity contribution in [1.29, 1.82) is 0 Å². The Kier molecular flexibility index (Phi) is 5.86. The van der Waals surface area contributed by atoms with Gasteiger partial charge >= 0.3 is 0 Å². The zero-order valence-electron chi connectivity index (χ0n) is 15.1. The van der Waals surface area contributed by atoms with Gasteiger partial charge in [-0.05, 0) is 40.6 Å². The highest BCUT2D eigenvalue weighted by Gasteiger charge is 2.25. The second kappa shape index (κ2) is 8.31. The Balaban J connectivity index is 1.97. The molecule has 0 aliphatic carbocycles. The normalized spacial score (nSPS) is 11.8. The molecule has 0 aliphatic heterocycles. The maximum atomic E-state index is 12.9. The van der Waals surface area contributed by atoms with E-state index < -0.39 is 0 Å². The fraction of sp³-hybridized carbons (Fsp3) is 0.190. The van der Waals surface area contributed by atoms with E-state index in [2.05, 4.69) is 21.0 Å². The molecule has 1 aromatic heterocycles. The van der Waals surface area contributed by atoms with Gasteiger partial charge in [0.25, 0.3) is 11.6 Å². The first-order chi connectivity index (χ1) is 13.0. The minimum absolute atomic E-state index is 0.00601. The number of aryl methyl sites for hydroxylation is 1. The van der Waals surface area contributed by atoms with Crippen molar-refractivity contribution < 1.29 is 14.4 Å². The average molecular weight is 427 g/mol. The summed E-state index contributed by atoms with van der Waals surface area (Å²) in [6.07, 6.45) is 0.169. The Morgan fingerprint density at radius 2 is 1.85 bits per heavy atom. The number of ketones is 1. The van der Waals surface area contributed by atoms with E-state index in [0.29, 0.717) is 4.85 Å². The van der Waals surface area contributed by atoms with Gasteiger partial charge in [0.15, 0.2) is 0 Å². The summed E-state index contributed by atoms with van der Waals surface area (Å²) in [6, 6.07) is 18.8. The molecule has 6 heteroatoms. The lowest BCUT2D eigenvalue weighted by atomic mass is 9.84. The summed E-state index contributed by atoms with van der Waals surface area (Å²) in [6.45, 7) is 2.02. The minimum atomic E-state index is -0.267. The molecule has 0 spiro atoms. The number of carbonyl (C=O) groups is 1. The van der Waals surface area contributed by atoms with Crippen LogP contribution in [0.1, 0.15) is 39.5 Å². The van der Waals surface area contributed by atoms with Gasteiger partial charge in [0.05, 0.1) is 12.2 Å². The van der Waals surface area contributed by atoms with E-state index in [0.717, 1.165) is 21.2 Å². The first kappa shape index (κ1) is 19.0. The number of ether oxygens (including phenoxy) is 1. The second-order valence-corrected chi connectivity index (χ2v) is 7.14. The van der Waals surface area contributed by atoms with E-state index in [1.54, 1.807) is 0 Å². The molecule has 0 radical (unpaired) electrons. The molecule has 5 nitrogen and oxygen atoms in total. The number of rotatable bonds is 6. The largest absolute Gasteiger partial charge is 0.594 e. The maximum Gasteiger partial charge on any atom is 0.287 e. The third kappa shape index (κ3) is 4.34. The smallest absolute Gasteiger partial charge is 0.287 e. The molecule has 1 atom stereocenters. The number of benzene rings is 2. The van der Waals surface area contributed by atoms with Crippen LogP contribution in [0.15, 0.2) is 65.1 Å². The summed E-state index contributed by atoms with van der Waals surface area (Å²) in [5.41, 5.74) is 3.18. The summed E-state index contributed by atoms with van der Waals surface area (Å²) in [7, 11) is 1.42. The van der Waals surface area contributed by atoms with Crippen molar-refractivity contribution in [1.82, 2.24) is 5.10 Å². The molecule has 0 N–H and O–H groups in total. The minimum Gasteiger partial charge on any atom is -0.594 e. The molecule has 1 heterocycles. The highest BCUT2D eigenvalue weighted by Crippen LogP contribution is 2.32. The Morgan fingerprint density at radius 1 is 1.15 bits per heavy atom. The van der Waals surface area contributed by atoms with Gasteiger partial charge in [-0.1, -0.05) is 52.3 Å². The predicted molar refractivity (Wildman–Crippen MR) is 106 cm³/mol. The fourth-order valence-electron chi connectivity index (χ4n) is 3.07. The molecule has 0 saturated heterocycles. The average Bonchev–Trinajstić information content (AvgIpc) is 2.67. The van der Waals surface area contributed by atoms with Crippen LogP contribution in [0.5, 0.6) is 5.88 Å². The van der Waals surface area contributed by atoms with Gasteiger partial charge in [0.2, 0.25) is 5.78 Å². The number of hydrogen-bond donors (Lipinski definition) is 0. The third-order valence-electron chi connectivity index (χ3n) is 4.50. The predicted octanol–water partition coefficient (Wildman–Crippen LogP) is 4.20. The monoisotopic (exact) mass is 426 g/mol. The van der Waals surface area contributed by atoms with Gasteiger partial charge in [-0.25, -0.2) is 0 Å². The second-order valence-electron chi connectivity index (χ2n) is 6.22. The Hall–Kier alpha value is -2.73. The van der Waals surface area contributed by atoms with E-state index in [1.165, 1.54) is 19.2 Å². The third-order valence-corrected chi connectivity index (χ3v) is 5.03. The van der Waals surface area contributed by atoms with Gasteiger partial charge in [-0.2, -0.15) is 0 Å². The van der Waals surface area contributed by atoms with Crippen molar-refractivity contribution >= 4 is 21.7 Å². The van der Waals surface area contributed by atoms with Crippen LogP contribution in [-0.2, 0) is 0 Å². The number of methoxy groups -OCH3 is 1. The number of nitrogens with zero attached hydrogens (tertiary/aromatic N) is 2. The lowest BCUT2D eigenvalue weighted by molar-refractivity contribution is -0.671. The van der Waals surface area contributed by atoms with Gasteiger partial charge in [0, 0.05) is 28.9 Å². The maximum absolute atomic E-state index is 12.9. The van der Waals surface area contributed by atoms with Crippen LogP contribution in [0.4, 0.5) is 0 Å². The Morgan fingerprint density at radius 3 is 2.48 bits per heavy atom. The van der Waals surface area contributed by atoms with Gasteiger partial charge in [-0.15, -0.1) is 0 Å². The summed E-state index contributed by atoms with van der Waals surface area (Å²) in [5.74, 6) is -0.255. The van der Waals surface area contributed by atoms with Crippen LogP contribution in [0.3, 0.4) is 0 Å². The molecular formula is C21H19BrN2O3. The Bertz CT molecular complexity index is 958. The standard InChI is InChI=1S/C21H19BrN2O3/c1-14-5-3-4-6-17(14)18(15-7-9-16(22)10-8-15)13-20(25)19-11-12-21(27-2)23-24(19)26/h3-12,18H,13H2,1-2H3/t18-/m0/s1. The van der Waals surface area contributed by atoms with Crippen molar-refractivity contribution in [2.45, 2.75) is 19.3 Å². The first-order valence-corrected chi connectivity index (χ1v) is 9.28. The van der Waals surface area contributed by atoms with E-state index in [9.17, 15) is 10.0 Å². The van der Waals surface area contributed by atoms with Crippen LogP contribution in [0.25, 0.3) is 0 Å². The highest BCUT2D eigenvalue weighted by atomic mass is 79.9. The summed E-state index contributed by atoms with van der Waals surface area (Å²) >= 11 is 3.44. The molecule has 27 heavy (non-hydrogen) atoms. The first-order valence-electron chi connectivity index (χ1n) is 8.48. The van der Waals surface area contributed by atoms with E-state index in [-0.39, 0.29) is 29.7 Å². The van der Waals surface area contributed by atoms with Crippen LogP contribution in [0, 0.1) is 12.1 Å². The quantitative estimate of drug-likeness (QED) is 0.336. The number of aromatic nitrogens is 2. The van der Waals surface area contributed by atoms with Crippen molar-refractivity contribution in [3.63, 3.8) is 0 Å². The molecule has 3 rings (SSSR count). The molecule has 0 aliphatic rings. The lowest BCUT2D eigenvalue weighted by Crippen LogP contribution is -2.39. The number of Topliss-reactive ketones (excluding diaryl/α,β-unsaturated/α-hetero) is 1. The van der Waals surface area contributed by atoms with E-state index in [1.807, 2.05) is 55.5 Å². The van der Waals surface area contributed by atoms with Crippen LogP contribution >= 0.6 is 15.9 Å². The molecule has 0 fully saturated rings. The van der Waals surface area contributed by atoms with Crippen LogP contribution in [0.2, 0.25) is 0 Å². The van der Waals surface area contributed by atoms with Crippen LogP contribution in [-0.4, -0.2) is 18.0 Å². The van der Waals surface area contributed by atoms with Crippen molar-refractivity contribution in [3.8, 4) is 5.88 Å². The highest BCUT2D eigenvalue weighted by molar-refractivity contribution is 9.10. The van der Waals surface area contributed by atoms with Crippen molar-refractivity contribution in [2.75, 3.05) is 7.11 Å². The zero-order valence-corrected chi connectivity index (χ0v) is 16.6. The molecule has 2 aromatic carbocycles. The molecule has 0 bridgehead atoms. The van der Waals surface area contributed by atoms with Gasteiger partial charge in [0.1, 0.15) is 0 Å². The number of halogens is 1. The molecule has 3 aromatic rings. The number of carbonyl (C=O) groups excluding carboxylic acids is 1. The molecular weight excluding hydrogens is 408 g/mol. The van der Waals surface area contributed by atoms with Crippen LogP contribution < -0.4 is 9.58 Å². The van der Waals surface area contributed by atoms with E-state index in [4.69, 9.17) is 4.74 Å². The molecule has 0 unspecified atom stereocenters. The summed E-state index contributed by atoms with van der Waals surface area (Å²) < 4.78 is 5.90. The number of hydrogen-bond acceptors (Lipinski definition) is 4. The Labute approximate surface area is 166 Å². The topological polar surface area (TPSA) is 66.1 Å². The van der Waals surface area contributed by atoms with Crippen molar-refractivity contribution in [2.24, 2.45) is 0 Å². The summed E-state index contributed by atoms with van der Waals surface area (Å²) in [4.78, 5) is 13.2. The molecule has 0 amide bonds. The van der Waals surface area contributed by atoms with Gasteiger partial charge in [-0.3, -0.25) is 4.79 Å². The SMILES string of the molecule is COc1ccc(C(=O)C[C@@H](c2ccc(Br)cc2)c2ccccc2C)[n+]([O-])n1. The fourth-order valence-corrected chi connectivity index (χ4v) is 3.33. The summed E-state index contributed by atoms with van der Waals surface area (Å²) in [5, 5.41) is 15.8.